The number of nitriles is 1. The molecule has 4 amide bonds. The van der Waals surface area contributed by atoms with Crippen LogP contribution in [0.3, 0.4) is 0 Å². The molecular weight excluding hydrogens is 462 g/mol. The van der Waals surface area contributed by atoms with Gasteiger partial charge in [-0.1, -0.05) is 12.8 Å². The zero-order valence-electron chi connectivity index (χ0n) is 21.7. The third-order valence-corrected chi connectivity index (χ3v) is 7.87. The lowest BCUT2D eigenvalue weighted by Crippen LogP contribution is -2.61. The summed E-state index contributed by atoms with van der Waals surface area (Å²) in [6.07, 6.45) is 5.65. The van der Waals surface area contributed by atoms with Crippen molar-refractivity contribution >= 4 is 23.8 Å². The normalized spacial score (nSPS) is 28.0. The van der Waals surface area contributed by atoms with Crippen LogP contribution < -0.4 is 10.6 Å². The smallest absolute Gasteiger partial charge is 0.411 e. The molecule has 3 heterocycles. The Morgan fingerprint density at radius 1 is 1.17 bits per heavy atom. The Balaban J connectivity index is 1.50. The van der Waals surface area contributed by atoms with E-state index >= 15 is 0 Å². The second-order valence-electron chi connectivity index (χ2n) is 11.8. The van der Waals surface area contributed by atoms with Gasteiger partial charge in [0.05, 0.1) is 6.07 Å². The lowest BCUT2D eigenvalue weighted by atomic mass is 9.85. The van der Waals surface area contributed by atoms with Crippen LogP contribution in [0.2, 0.25) is 0 Å². The van der Waals surface area contributed by atoms with Crippen molar-refractivity contribution in [1.82, 2.24) is 20.4 Å². The van der Waals surface area contributed by atoms with E-state index in [-0.39, 0.29) is 30.1 Å². The minimum atomic E-state index is -0.987. The maximum absolute atomic E-state index is 14.0. The van der Waals surface area contributed by atoms with E-state index in [1.165, 1.54) is 0 Å². The van der Waals surface area contributed by atoms with Gasteiger partial charge in [-0.25, -0.2) is 4.79 Å². The molecule has 3 saturated heterocycles. The summed E-state index contributed by atoms with van der Waals surface area (Å²) < 4.78 is 5.64. The summed E-state index contributed by atoms with van der Waals surface area (Å²) >= 11 is 0. The Kier molecular flexibility index (Phi) is 7.48. The molecule has 1 spiro atoms. The van der Waals surface area contributed by atoms with Gasteiger partial charge in [-0.15, -0.1) is 0 Å². The Bertz CT molecular complexity index is 936. The number of ether oxygens (including phenoxy) is 1. The van der Waals surface area contributed by atoms with Crippen molar-refractivity contribution in [3.05, 3.63) is 0 Å². The highest BCUT2D eigenvalue weighted by Crippen LogP contribution is 2.42. The molecule has 0 aromatic carbocycles. The van der Waals surface area contributed by atoms with E-state index in [4.69, 9.17) is 4.74 Å². The molecule has 36 heavy (non-hydrogen) atoms. The molecule has 10 nitrogen and oxygen atoms in total. The minimum absolute atomic E-state index is 0.0878. The SMILES string of the molecule is CC(C)(C)OC(=O)N1CCCC[C@@]12CCN([C@H](CC1CC1)C(=O)N[C@H](C#N)C[C@@H]1CCNC1=O)C2=O. The van der Waals surface area contributed by atoms with Crippen LogP contribution in [-0.2, 0) is 19.1 Å². The van der Waals surface area contributed by atoms with E-state index in [0.29, 0.717) is 51.2 Å². The molecule has 1 aliphatic carbocycles. The third kappa shape index (κ3) is 5.60. The monoisotopic (exact) mass is 501 g/mol. The van der Waals surface area contributed by atoms with Gasteiger partial charge in [-0.3, -0.25) is 19.3 Å². The second-order valence-corrected chi connectivity index (χ2v) is 11.8. The van der Waals surface area contributed by atoms with Crippen LogP contribution in [0, 0.1) is 23.2 Å². The lowest BCUT2D eigenvalue weighted by Gasteiger charge is -2.43. The van der Waals surface area contributed by atoms with Crippen molar-refractivity contribution in [2.75, 3.05) is 19.6 Å². The summed E-state index contributed by atoms with van der Waals surface area (Å²) in [5.41, 5.74) is -1.66. The van der Waals surface area contributed by atoms with Crippen molar-refractivity contribution in [1.29, 1.82) is 5.26 Å². The van der Waals surface area contributed by atoms with Crippen LogP contribution in [0.25, 0.3) is 0 Å². The highest BCUT2D eigenvalue weighted by atomic mass is 16.6. The number of amides is 4. The predicted molar refractivity (Wildman–Crippen MR) is 130 cm³/mol. The van der Waals surface area contributed by atoms with Gasteiger partial charge >= 0.3 is 6.09 Å². The molecule has 2 N–H and O–H groups in total. The van der Waals surface area contributed by atoms with Gasteiger partial charge in [0.15, 0.2) is 0 Å². The fraction of sp³-hybridized carbons (Fsp3) is 0.808. The highest BCUT2D eigenvalue weighted by molar-refractivity contribution is 5.96. The van der Waals surface area contributed by atoms with E-state index in [0.717, 1.165) is 25.7 Å². The predicted octanol–water partition coefficient (Wildman–Crippen LogP) is 2.08. The summed E-state index contributed by atoms with van der Waals surface area (Å²) in [4.78, 5) is 55.7. The molecular formula is C26H39N5O5. The summed E-state index contributed by atoms with van der Waals surface area (Å²) in [5.74, 6) is -0.553. The van der Waals surface area contributed by atoms with Crippen molar-refractivity contribution in [2.45, 2.75) is 102 Å². The third-order valence-electron chi connectivity index (χ3n) is 7.87. The van der Waals surface area contributed by atoms with Crippen LogP contribution in [0.1, 0.15) is 78.6 Å². The number of nitrogens with one attached hydrogen (secondary N) is 2. The molecule has 198 valence electrons. The molecule has 4 rings (SSSR count). The molecule has 0 bridgehead atoms. The van der Waals surface area contributed by atoms with Crippen LogP contribution in [0.15, 0.2) is 0 Å². The summed E-state index contributed by atoms with van der Waals surface area (Å²) in [6, 6.07) is 0.629. The van der Waals surface area contributed by atoms with Gasteiger partial charge in [0.25, 0.3) is 0 Å². The molecule has 0 aromatic rings. The summed E-state index contributed by atoms with van der Waals surface area (Å²) in [7, 11) is 0. The van der Waals surface area contributed by atoms with Gasteiger partial charge < -0.3 is 20.3 Å². The van der Waals surface area contributed by atoms with E-state index in [1.54, 1.807) is 30.6 Å². The molecule has 0 aromatic heterocycles. The van der Waals surface area contributed by atoms with Gasteiger partial charge in [0.2, 0.25) is 17.7 Å². The zero-order valence-corrected chi connectivity index (χ0v) is 21.7. The Morgan fingerprint density at radius 2 is 1.92 bits per heavy atom. The lowest BCUT2D eigenvalue weighted by molar-refractivity contribution is -0.146. The van der Waals surface area contributed by atoms with Gasteiger partial charge in [0, 0.05) is 25.6 Å². The largest absolute Gasteiger partial charge is 0.444 e. The summed E-state index contributed by atoms with van der Waals surface area (Å²) in [5, 5.41) is 15.3. The molecule has 4 fully saturated rings. The highest BCUT2D eigenvalue weighted by Gasteiger charge is 2.56. The Labute approximate surface area is 213 Å². The van der Waals surface area contributed by atoms with Crippen molar-refractivity contribution < 1.29 is 23.9 Å². The number of carbonyl (C=O) groups is 4. The van der Waals surface area contributed by atoms with Crippen LogP contribution in [-0.4, -0.2) is 76.5 Å². The van der Waals surface area contributed by atoms with Crippen LogP contribution >= 0.6 is 0 Å². The molecule has 4 atom stereocenters. The molecule has 1 saturated carbocycles. The quantitative estimate of drug-likeness (QED) is 0.549. The van der Waals surface area contributed by atoms with E-state index in [2.05, 4.69) is 16.7 Å². The maximum Gasteiger partial charge on any atom is 0.411 e. The number of rotatable bonds is 7. The van der Waals surface area contributed by atoms with E-state index in [9.17, 15) is 24.4 Å². The topological polar surface area (TPSA) is 132 Å². The minimum Gasteiger partial charge on any atom is -0.444 e. The van der Waals surface area contributed by atoms with Gasteiger partial charge in [-0.05, 0) is 71.6 Å². The second kappa shape index (κ2) is 10.3. The average molecular weight is 502 g/mol. The van der Waals surface area contributed by atoms with Crippen LogP contribution in [0.5, 0.6) is 0 Å². The first-order chi connectivity index (χ1) is 17.0. The van der Waals surface area contributed by atoms with Crippen molar-refractivity contribution in [3.8, 4) is 6.07 Å². The van der Waals surface area contributed by atoms with Crippen LogP contribution in [0.4, 0.5) is 4.79 Å². The Morgan fingerprint density at radius 3 is 2.53 bits per heavy atom. The number of likely N-dealkylation sites (tertiary alicyclic amines) is 2. The number of hydrogen-bond acceptors (Lipinski definition) is 6. The summed E-state index contributed by atoms with van der Waals surface area (Å²) in [6.45, 7) is 6.83. The van der Waals surface area contributed by atoms with E-state index in [1.807, 2.05) is 0 Å². The molecule has 0 radical (unpaired) electrons. The first kappa shape index (κ1) is 26.2. The Hall–Kier alpha value is -2.83. The molecule has 4 aliphatic rings. The number of carbonyl (C=O) groups excluding carboxylic acids is 4. The van der Waals surface area contributed by atoms with Gasteiger partial charge in [-0.2, -0.15) is 5.26 Å². The fourth-order valence-corrected chi connectivity index (χ4v) is 5.79. The van der Waals surface area contributed by atoms with Gasteiger partial charge in [0.1, 0.15) is 23.2 Å². The van der Waals surface area contributed by atoms with E-state index < -0.39 is 29.3 Å². The standard InChI is InChI=1S/C26H39N5O5/c1-25(2,3)36-24(35)31-12-5-4-9-26(31)10-13-30(23(26)34)20(14-17-6-7-17)22(33)29-19(16-27)15-18-8-11-28-21(18)32/h17-20H,4-15H2,1-3H3,(H,28,32)(H,29,33)/t18-,19-,20+,26-/m0/s1. The number of hydrogen-bond donors (Lipinski definition) is 2. The molecule has 3 aliphatic heterocycles. The number of piperidine rings is 1. The molecule has 10 heteroatoms. The van der Waals surface area contributed by atoms with Crippen molar-refractivity contribution in [2.24, 2.45) is 11.8 Å². The number of nitrogens with zero attached hydrogens (tertiary/aromatic N) is 3. The zero-order chi connectivity index (χ0) is 26.1. The van der Waals surface area contributed by atoms with Crippen molar-refractivity contribution in [3.63, 3.8) is 0 Å². The first-order valence-electron chi connectivity index (χ1n) is 13.3. The fourth-order valence-electron chi connectivity index (χ4n) is 5.79. The maximum atomic E-state index is 14.0. The first-order valence-corrected chi connectivity index (χ1v) is 13.3. The average Bonchev–Trinajstić information content (AvgIpc) is 3.48. The molecule has 0 unspecified atom stereocenters.